The first kappa shape index (κ1) is 15.4. The lowest BCUT2D eigenvalue weighted by molar-refractivity contribution is 0.0521. The summed E-state index contributed by atoms with van der Waals surface area (Å²) in [5.74, 6) is 0.592. The summed E-state index contributed by atoms with van der Waals surface area (Å²) in [4.78, 5) is 11.9. The molecule has 0 bridgehead atoms. The molecule has 2 aliphatic rings. The van der Waals surface area contributed by atoms with Gasteiger partial charge in [0.05, 0.1) is 5.02 Å². The molecule has 1 aliphatic heterocycles. The summed E-state index contributed by atoms with van der Waals surface area (Å²) in [5.41, 5.74) is 1.02. The number of aromatic hydroxyl groups is 1. The molecule has 22 heavy (non-hydrogen) atoms. The zero-order chi connectivity index (χ0) is 15.6. The first-order chi connectivity index (χ1) is 10.6. The van der Waals surface area contributed by atoms with Crippen molar-refractivity contribution in [1.82, 2.24) is 10.6 Å². The van der Waals surface area contributed by atoms with E-state index >= 15 is 0 Å². The third kappa shape index (κ3) is 3.31. The van der Waals surface area contributed by atoms with E-state index in [1.807, 2.05) is 0 Å². The highest BCUT2D eigenvalue weighted by atomic mass is 35.5. The molecule has 0 aromatic heterocycles. The topological polar surface area (TPSA) is 70.6 Å². The SMILES string of the molecule is O=C(NCc1cccc(Cl)c1O)NC[C@H]1CC12CCOCC2. The fourth-order valence-electron chi connectivity index (χ4n) is 3.27. The van der Waals surface area contributed by atoms with Gasteiger partial charge in [-0.3, -0.25) is 0 Å². The van der Waals surface area contributed by atoms with Gasteiger partial charge in [0.25, 0.3) is 0 Å². The van der Waals surface area contributed by atoms with Crippen LogP contribution in [0.15, 0.2) is 18.2 Å². The lowest BCUT2D eigenvalue weighted by atomic mass is 9.94. The summed E-state index contributed by atoms with van der Waals surface area (Å²) in [5, 5.41) is 15.7. The van der Waals surface area contributed by atoms with Crippen LogP contribution >= 0.6 is 11.6 Å². The van der Waals surface area contributed by atoms with Crippen molar-refractivity contribution in [2.24, 2.45) is 11.3 Å². The number of para-hydroxylation sites is 1. The lowest BCUT2D eigenvalue weighted by Gasteiger charge is -2.23. The number of hydrogen-bond acceptors (Lipinski definition) is 3. The standard InChI is InChI=1S/C16H21ClN2O3/c17-13-3-1-2-11(14(13)20)9-18-15(21)19-10-12-8-16(12)4-6-22-7-5-16/h1-3,12,20H,4-10H2,(H2,18,19,21)/t12-/m1/s1. The van der Waals surface area contributed by atoms with E-state index in [1.165, 1.54) is 6.42 Å². The molecule has 6 heteroatoms. The maximum atomic E-state index is 11.9. The molecule has 3 N–H and O–H groups in total. The van der Waals surface area contributed by atoms with Crippen LogP contribution in [-0.2, 0) is 11.3 Å². The first-order valence-electron chi connectivity index (χ1n) is 7.66. The predicted molar refractivity (Wildman–Crippen MR) is 83.9 cm³/mol. The molecule has 1 aliphatic carbocycles. The molecule has 0 unspecified atom stereocenters. The number of benzene rings is 1. The number of ether oxygens (including phenoxy) is 1. The predicted octanol–water partition coefficient (Wildman–Crippen LogP) is 2.66. The van der Waals surface area contributed by atoms with E-state index in [4.69, 9.17) is 16.3 Å². The molecular weight excluding hydrogens is 304 g/mol. The summed E-state index contributed by atoms with van der Waals surface area (Å²) < 4.78 is 5.39. The number of halogens is 1. The van der Waals surface area contributed by atoms with Crippen LogP contribution in [0.4, 0.5) is 4.79 Å². The molecule has 1 saturated heterocycles. The van der Waals surface area contributed by atoms with E-state index in [0.717, 1.165) is 26.1 Å². The second kappa shape index (κ2) is 6.34. The minimum absolute atomic E-state index is 0.0211. The highest BCUT2D eigenvalue weighted by molar-refractivity contribution is 6.32. The third-order valence-corrected chi connectivity index (χ3v) is 5.17. The molecule has 1 atom stereocenters. The second-order valence-electron chi connectivity index (χ2n) is 6.19. The minimum Gasteiger partial charge on any atom is -0.506 e. The van der Waals surface area contributed by atoms with E-state index in [9.17, 15) is 9.90 Å². The van der Waals surface area contributed by atoms with Gasteiger partial charge in [-0.05, 0) is 36.7 Å². The molecule has 2 amide bonds. The van der Waals surface area contributed by atoms with Gasteiger partial charge in [0.15, 0.2) is 0 Å². The number of amides is 2. The van der Waals surface area contributed by atoms with E-state index in [0.29, 0.717) is 28.5 Å². The number of phenolic OH excluding ortho intramolecular Hbond substituents is 1. The van der Waals surface area contributed by atoms with E-state index < -0.39 is 0 Å². The van der Waals surface area contributed by atoms with Gasteiger partial charge in [0, 0.05) is 31.9 Å². The Morgan fingerprint density at radius 2 is 2.14 bits per heavy atom. The monoisotopic (exact) mass is 324 g/mol. The van der Waals surface area contributed by atoms with Crippen LogP contribution in [0, 0.1) is 11.3 Å². The second-order valence-corrected chi connectivity index (χ2v) is 6.59. The van der Waals surface area contributed by atoms with Gasteiger partial charge < -0.3 is 20.5 Å². The van der Waals surface area contributed by atoms with Crippen LogP contribution in [-0.4, -0.2) is 30.9 Å². The molecule has 1 aromatic rings. The van der Waals surface area contributed by atoms with Gasteiger partial charge in [0.1, 0.15) is 5.75 Å². The van der Waals surface area contributed by atoms with Gasteiger partial charge in [-0.2, -0.15) is 0 Å². The smallest absolute Gasteiger partial charge is 0.315 e. The number of phenols is 1. The van der Waals surface area contributed by atoms with Crippen LogP contribution in [0.5, 0.6) is 5.75 Å². The normalized spacial score (nSPS) is 22.3. The lowest BCUT2D eigenvalue weighted by Crippen LogP contribution is -2.37. The van der Waals surface area contributed by atoms with Gasteiger partial charge in [-0.15, -0.1) is 0 Å². The largest absolute Gasteiger partial charge is 0.506 e. The molecule has 1 aromatic carbocycles. The number of carbonyl (C=O) groups is 1. The van der Waals surface area contributed by atoms with Gasteiger partial charge in [-0.1, -0.05) is 23.7 Å². The summed E-state index contributed by atoms with van der Waals surface area (Å²) in [6.07, 6.45) is 3.40. The highest BCUT2D eigenvalue weighted by Gasteiger charge is 2.53. The average Bonchev–Trinajstić information content (AvgIpc) is 3.19. The van der Waals surface area contributed by atoms with Crippen LogP contribution in [0.1, 0.15) is 24.8 Å². The zero-order valence-electron chi connectivity index (χ0n) is 12.4. The number of carbonyl (C=O) groups excluding carboxylic acids is 1. The van der Waals surface area contributed by atoms with Crippen molar-refractivity contribution in [2.75, 3.05) is 19.8 Å². The fraction of sp³-hybridized carbons (Fsp3) is 0.562. The number of rotatable bonds is 4. The summed E-state index contributed by atoms with van der Waals surface area (Å²) in [6, 6.07) is 4.88. The number of nitrogens with one attached hydrogen (secondary N) is 2. The molecule has 2 fully saturated rings. The van der Waals surface area contributed by atoms with Crippen LogP contribution < -0.4 is 10.6 Å². The maximum absolute atomic E-state index is 11.9. The minimum atomic E-state index is -0.214. The molecule has 120 valence electrons. The van der Waals surface area contributed by atoms with Gasteiger partial charge >= 0.3 is 6.03 Å². The Balaban J connectivity index is 1.41. The van der Waals surface area contributed by atoms with Crippen molar-refractivity contribution in [2.45, 2.75) is 25.8 Å². The Morgan fingerprint density at radius 3 is 2.91 bits per heavy atom. The zero-order valence-corrected chi connectivity index (χ0v) is 13.2. The Bertz CT molecular complexity index is 558. The van der Waals surface area contributed by atoms with Crippen molar-refractivity contribution in [3.8, 4) is 5.75 Å². The number of urea groups is 1. The Hall–Kier alpha value is -1.46. The van der Waals surface area contributed by atoms with E-state index in [2.05, 4.69) is 10.6 Å². The summed E-state index contributed by atoms with van der Waals surface area (Å²) >= 11 is 5.83. The average molecular weight is 325 g/mol. The van der Waals surface area contributed by atoms with E-state index in [-0.39, 0.29) is 18.3 Å². The Labute approximate surface area is 135 Å². The van der Waals surface area contributed by atoms with Crippen LogP contribution in [0.25, 0.3) is 0 Å². The van der Waals surface area contributed by atoms with Crippen molar-refractivity contribution in [1.29, 1.82) is 0 Å². The van der Waals surface area contributed by atoms with Crippen LogP contribution in [0.2, 0.25) is 5.02 Å². The van der Waals surface area contributed by atoms with Crippen molar-refractivity contribution in [3.63, 3.8) is 0 Å². The van der Waals surface area contributed by atoms with Gasteiger partial charge in [-0.25, -0.2) is 4.79 Å². The molecule has 0 radical (unpaired) electrons. The quantitative estimate of drug-likeness (QED) is 0.797. The highest BCUT2D eigenvalue weighted by Crippen LogP contribution is 2.58. The van der Waals surface area contributed by atoms with Crippen LogP contribution in [0.3, 0.4) is 0 Å². The molecule has 3 rings (SSSR count). The van der Waals surface area contributed by atoms with Crippen molar-refractivity contribution < 1.29 is 14.6 Å². The third-order valence-electron chi connectivity index (χ3n) is 4.87. The fourth-order valence-corrected chi connectivity index (χ4v) is 3.46. The van der Waals surface area contributed by atoms with Crippen molar-refractivity contribution in [3.05, 3.63) is 28.8 Å². The molecular formula is C16H21ClN2O3. The first-order valence-corrected chi connectivity index (χ1v) is 8.04. The van der Waals surface area contributed by atoms with Crippen molar-refractivity contribution >= 4 is 17.6 Å². The Kier molecular flexibility index (Phi) is 4.45. The summed E-state index contributed by atoms with van der Waals surface area (Å²) in [7, 11) is 0. The van der Waals surface area contributed by atoms with E-state index in [1.54, 1.807) is 18.2 Å². The molecule has 1 saturated carbocycles. The molecule has 1 spiro atoms. The molecule has 1 heterocycles. The van der Waals surface area contributed by atoms with Gasteiger partial charge in [0.2, 0.25) is 0 Å². The summed E-state index contributed by atoms with van der Waals surface area (Å²) in [6.45, 7) is 2.64. The maximum Gasteiger partial charge on any atom is 0.315 e. The molecule has 5 nitrogen and oxygen atoms in total. The Morgan fingerprint density at radius 1 is 1.36 bits per heavy atom. The number of hydrogen-bond donors (Lipinski definition) is 3.